The smallest absolute Gasteiger partial charge is 0.0423 e. The summed E-state index contributed by atoms with van der Waals surface area (Å²) in [6.45, 7) is 7.69. The van der Waals surface area contributed by atoms with E-state index in [9.17, 15) is 0 Å². The van der Waals surface area contributed by atoms with Crippen molar-refractivity contribution in [3.05, 3.63) is 41.7 Å². The molecule has 0 bridgehead atoms. The zero-order valence-electron chi connectivity index (χ0n) is 8.96. The van der Waals surface area contributed by atoms with Crippen molar-refractivity contribution in [2.24, 2.45) is 5.73 Å². The first-order valence-corrected chi connectivity index (χ1v) is 4.95. The van der Waals surface area contributed by atoms with Gasteiger partial charge in [0.25, 0.3) is 0 Å². The van der Waals surface area contributed by atoms with E-state index >= 15 is 0 Å². The van der Waals surface area contributed by atoms with Gasteiger partial charge in [-0.1, -0.05) is 12.1 Å². The number of aryl methyl sites for hydroxylation is 2. The van der Waals surface area contributed by atoms with Gasteiger partial charge in [-0.05, 0) is 38.3 Å². The van der Waals surface area contributed by atoms with Crippen molar-refractivity contribution in [1.82, 2.24) is 4.98 Å². The lowest BCUT2D eigenvalue weighted by molar-refractivity contribution is 0.653. The molecule has 14 heavy (non-hydrogen) atoms. The van der Waals surface area contributed by atoms with Crippen LogP contribution in [0.4, 0.5) is 0 Å². The fraction of sp³-hybridized carbons (Fsp3) is 0.417. The Balaban J connectivity index is 2.78. The molecule has 1 rings (SSSR count). The molecule has 2 nitrogen and oxygen atoms in total. The van der Waals surface area contributed by atoms with Crippen molar-refractivity contribution in [2.45, 2.75) is 32.7 Å². The third kappa shape index (κ3) is 2.67. The van der Waals surface area contributed by atoms with Crippen LogP contribution in [0.5, 0.6) is 0 Å². The number of nitrogens with zero attached hydrogens (tertiary/aromatic N) is 1. The quantitative estimate of drug-likeness (QED) is 0.741. The van der Waals surface area contributed by atoms with Crippen LogP contribution in [0.1, 0.15) is 35.8 Å². The van der Waals surface area contributed by atoms with Gasteiger partial charge in [0, 0.05) is 17.4 Å². The molecule has 0 aliphatic carbocycles. The summed E-state index contributed by atoms with van der Waals surface area (Å²) in [6, 6.07) is 4.17. The fourth-order valence-corrected chi connectivity index (χ4v) is 1.54. The van der Waals surface area contributed by atoms with Gasteiger partial charge in [-0.25, -0.2) is 0 Å². The third-order valence-electron chi connectivity index (χ3n) is 2.35. The van der Waals surface area contributed by atoms with Crippen molar-refractivity contribution in [2.75, 3.05) is 0 Å². The predicted molar refractivity (Wildman–Crippen MR) is 60.1 cm³/mol. The number of rotatable bonds is 4. The van der Waals surface area contributed by atoms with Gasteiger partial charge in [0.1, 0.15) is 0 Å². The predicted octanol–water partition coefficient (Wildman–Crippen LogP) is 2.66. The normalized spacial score (nSPS) is 12.5. The molecule has 1 heterocycles. The molecule has 0 amide bonds. The van der Waals surface area contributed by atoms with E-state index in [1.807, 2.05) is 26.0 Å². The van der Waals surface area contributed by atoms with Crippen LogP contribution in [0.2, 0.25) is 0 Å². The first-order chi connectivity index (χ1) is 6.65. The van der Waals surface area contributed by atoms with E-state index < -0.39 is 0 Å². The summed E-state index contributed by atoms with van der Waals surface area (Å²) < 4.78 is 0. The Morgan fingerprint density at radius 3 is 2.79 bits per heavy atom. The van der Waals surface area contributed by atoms with Crippen LogP contribution < -0.4 is 5.73 Å². The van der Waals surface area contributed by atoms with Crippen molar-refractivity contribution in [3.63, 3.8) is 0 Å². The number of pyridine rings is 1. The summed E-state index contributed by atoms with van der Waals surface area (Å²) in [5, 5.41) is 0. The minimum Gasteiger partial charge on any atom is -0.324 e. The molecule has 0 saturated heterocycles. The van der Waals surface area contributed by atoms with Crippen molar-refractivity contribution in [1.29, 1.82) is 0 Å². The zero-order valence-corrected chi connectivity index (χ0v) is 8.96. The number of hydrogen-bond acceptors (Lipinski definition) is 2. The molecule has 0 aliphatic heterocycles. The Labute approximate surface area is 85.9 Å². The number of hydrogen-bond donors (Lipinski definition) is 1. The summed E-state index contributed by atoms with van der Waals surface area (Å²) in [5.41, 5.74) is 9.28. The lowest BCUT2D eigenvalue weighted by Crippen LogP contribution is -2.12. The van der Waals surface area contributed by atoms with Crippen LogP contribution in [0, 0.1) is 13.8 Å². The van der Waals surface area contributed by atoms with E-state index in [-0.39, 0.29) is 6.04 Å². The fourth-order valence-electron chi connectivity index (χ4n) is 1.54. The molecular weight excluding hydrogens is 172 g/mol. The molecule has 1 atom stereocenters. The van der Waals surface area contributed by atoms with Crippen molar-refractivity contribution in [3.8, 4) is 0 Å². The second kappa shape index (κ2) is 4.91. The van der Waals surface area contributed by atoms with Gasteiger partial charge in [-0.2, -0.15) is 0 Å². The topological polar surface area (TPSA) is 38.9 Å². The van der Waals surface area contributed by atoms with Gasteiger partial charge in [-0.3, -0.25) is 4.98 Å². The number of aromatic nitrogens is 1. The Morgan fingerprint density at radius 2 is 2.21 bits per heavy atom. The largest absolute Gasteiger partial charge is 0.324 e. The molecule has 1 aromatic heterocycles. The summed E-state index contributed by atoms with van der Waals surface area (Å²) in [5.74, 6) is 0. The standard InChI is InChI=1S/C12H18N2/c1-4-5-6-12(13)11-8-7-9(2)14-10(11)3/h4,7-8,12H,1,5-6,13H2,2-3H3. The molecule has 2 heteroatoms. The Hall–Kier alpha value is -1.15. The van der Waals surface area contributed by atoms with E-state index in [0.717, 1.165) is 29.8 Å². The van der Waals surface area contributed by atoms with Crippen LogP contribution in [0.15, 0.2) is 24.8 Å². The van der Waals surface area contributed by atoms with Gasteiger partial charge >= 0.3 is 0 Å². The molecular formula is C12H18N2. The molecule has 0 aliphatic rings. The molecule has 0 saturated carbocycles. The summed E-state index contributed by atoms with van der Waals surface area (Å²) in [7, 11) is 0. The van der Waals surface area contributed by atoms with Crippen LogP contribution in [0.25, 0.3) is 0 Å². The number of allylic oxidation sites excluding steroid dienone is 1. The molecule has 1 unspecified atom stereocenters. The molecule has 0 radical (unpaired) electrons. The van der Waals surface area contributed by atoms with E-state index in [0.29, 0.717) is 0 Å². The maximum atomic E-state index is 6.04. The summed E-state index contributed by atoms with van der Waals surface area (Å²) in [6.07, 6.45) is 3.79. The molecule has 0 aromatic carbocycles. The van der Waals surface area contributed by atoms with Gasteiger partial charge in [0.15, 0.2) is 0 Å². The minimum atomic E-state index is 0.0844. The van der Waals surface area contributed by atoms with Crippen LogP contribution in [-0.4, -0.2) is 4.98 Å². The summed E-state index contributed by atoms with van der Waals surface area (Å²) in [4.78, 5) is 4.40. The average molecular weight is 190 g/mol. The van der Waals surface area contributed by atoms with E-state index in [1.54, 1.807) is 0 Å². The number of nitrogens with two attached hydrogens (primary N) is 1. The first-order valence-electron chi connectivity index (χ1n) is 4.95. The van der Waals surface area contributed by atoms with Crippen LogP contribution in [0.3, 0.4) is 0 Å². The van der Waals surface area contributed by atoms with Gasteiger partial charge in [0.05, 0.1) is 0 Å². The van der Waals surface area contributed by atoms with Crippen molar-refractivity contribution >= 4 is 0 Å². The average Bonchev–Trinajstić information content (AvgIpc) is 2.14. The zero-order chi connectivity index (χ0) is 10.6. The lowest BCUT2D eigenvalue weighted by Gasteiger charge is -2.13. The monoisotopic (exact) mass is 190 g/mol. The lowest BCUT2D eigenvalue weighted by atomic mass is 10.0. The Bertz CT molecular complexity index is 318. The first kappa shape index (κ1) is 10.9. The molecule has 0 fully saturated rings. The minimum absolute atomic E-state index is 0.0844. The Morgan fingerprint density at radius 1 is 1.50 bits per heavy atom. The highest BCUT2D eigenvalue weighted by Gasteiger charge is 2.08. The van der Waals surface area contributed by atoms with E-state index in [2.05, 4.69) is 17.6 Å². The van der Waals surface area contributed by atoms with Gasteiger partial charge in [0.2, 0.25) is 0 Å². The van der Waals surface area contributed by atoms with E-state index in [4.69, 9.17) is 5.73 Å². The highest BCUT2D eigenvalue weighted by molar-refractivity contribution is 5.24. The van der Waals surface area contributed by atoms with Crippen molar-refractivity contribution < 1.29 is 0 Å². The third-order valence-corrected chi connectivity index (χ3v) is 2.35. The maximum absolute atomic E-state index is 6.04. The van der Waals surface area contributed by atoms with Gasteiger partial charge < -0.3 is 5.73 Å². The molecule has 1 aromatic rings. The molecule has 2 N–H and O–H groups in total. The van der Waals surface area contributed by atoms with Crippen LogP contribution in [-0.2, 0) is 0 Å². The van der Waals surface area contributed by atoms with E-state index in [1.165, 1.54) is 0 Å². The van der Waals surface area contributed by atoms with Gasteiger partial charge in [-0.15, -0.1) is 6.58 Å². The molecule has 0 spiro atoms. The molecule has 76 valence electrons. The SMILES string of the molecule is C=CCCC(N)c1ccc(C)nc1C. The highest BCUT2D eigenvalue weighted by Crippen LogP contribution is 2.18. The Kier molecular flexibility index (Phi) is 3.84. The second-order valence-electron chi connectivity index (χ2n) is 3.60. The summed E-state index contributed by atoms with van der Waals surface area (Å²) >= 11 is 0. The highest BCUT2D eigenvalue weighted by atomic mass is 14.7. The maximum Gasteiger partial charge on any atom is 0.0423 e. The van der Waals surface area contributed by atoms with Crippen LogP contribution >= 0.6 is 0 Å². The second-order valence-corrected chi connectivity index (χ2v) is 3.60.